The molecule has 0 aromatic rings. The van der Waals surface area contributed by atoms with Gasteiger partial charge in [0.25, 0.3) is 0 Å². The second-order valence-corrected chi connectivity index (χ2v) is 3.79. The number of terminal acetylenes is 1. The molecule has 0 aromatic carbocycles. The number of hydrogen-bond donors (Lipinski definition) is 2. The Morgan fingerprint density at radius 1 is 1.50 bits per heavy atom. The number of rotatable bonds is 4. The van der Waals surface area contributed by atoms with E-state index < -0.39 is 5.97 Å². The summed E-state index contributed by atoms with van der Waals surface area (Å²) in [7, 11) is 0. The number of carboxylic acid groups (broad SMARTS) is 1. The zero-order chi connectivity index (χ0) is 12.0. The molecule has 1 fully saturated rings. The molecule has 1 heterocycles. The minimum atomic E-state index is -1.04. The van der Waals surface area contributed by atoms with E-state index in [4.69, 9.17) is 11.5 Å². The maximum Gasteiger partial charge on any atom is 0.323 e. The second-order valence-electron chi connectivity index (χ2n) is 3.79. The topological polar surface area (TPSA) is 69.6 Å². The lowest BCUT2D eigenvalue weighted by molar-refractivity contribution is -0.145. The molecule has 1 unspecified atom stereocenters. The van der Waals surface area contributed by atoms with Gasteiger partial charge >= 0.3 is 5.97 Å². The standard InChI is InChI=1S/C11H16N2O3/c1-2-7-13(8-10(14)15)11(16)9-5-3-4-6-12-9/h1,9,12H,3-8H2,(H,14,15). The largest absolute Gasteiger partial charge is 0.480 e. The Kier molecular flexibility index (Phi) is 4.80. The minimum Gasteiger partial charge on any atom is -0.480 e. The molecular formula is C11H16N2O3. The van der Waals surface area contributed by atoms with Gasteiger partial charge in [-0.25, -0.2) is 0 Å². The van der Waals surface area contributed by atoms with Gasteiger partial charge in [0.05, 0.1) is 12.6 Å². The van der Waals surface area contributed by atoms with Gasteiger partial charge in [-0.3, -0.25) is 9.59 Å². The van der Waals surface area contributed by atoms with Gasteiger partial charge in [0.15, 0.2) is 0 Å². The third-order valence-electron chi connectivity index (χ3n) is 2.53. The lowest BCUT2D eigenvalue weighted by Crippen LogP contribution is -2.50. The summed E-state index contributed by atoms with van der Waals surface area (Å²) in [5.74, 6) is 1.06. The Morgan fingerprint density at radius 3 is 2.75 bits per heavy atom. The SMILES string of the molecule is C#CCN(CC(=O)O)C(=O)C1CCCCN1. The van der Waals surface area contributed by atoms with E-state index in [2.05, 4.69) is 11.2 Å². The molecule has 16 heavy (non-hydrogen) atoms. The van der Waals surface area contributed by atoms with Crippen LogP contribution >= 0.6 is 0 Å². The molecule has 1 saturated heterocycles. The fraction of sp³-hybridized carbons (Fsp3) is 0.636. The lowest BCUT2D eigenvalue weighted by Gasteiger charge is -2.27. The Balaban J connectivity index is 2.58. The van der Waals surface area contributed by atoms with Gasteiger partial charge in [0.2, 0.25) is 5.91 Å². The van der Waals surface area contributed by atoms with Crippen molar-refractivity contribution in [3.63, 3.8) is 0 Å². The van der Waals surface area contributed by atoms with Crippen LogP contribution in [0, 0.1) is 12.3 Å². The van der Waals surface area contributed by atoms with Gasteiger partial charge in [-0.2, -0.15) is 0 Å². The highest BCUT2D eigenvalue weighted by Gasteiger charge is 2.26. The first-order chi connectivity index (χ1) is 7.65. The number of piperidine rings is 1. The summed E-state index contributed by atoms with van der Waals surface area (Å²) >= 11 is 0. The van der Waals surface area contributed by atoms with Crippen LogP contribution in [0.4, 0.5) is 0 Å². The van der Waals surface area contributed by atoms with E-state index in [1.165, 1.54) is 4.90 Å². The molecule has 0 aliphatic carbocycles. The van der Waals surface area contributed by atoms with E-state index in [1.807, 2.05) is 0 Å². The van der Waals surface area contributed by atoms with E-state index in [9.17, 15) is 9.59 Å². The predicted octanol–water partition coefficient (Wildman–Crippen LogP) is -0.325. The molecule has 0 radical (unpaired) electrons. The molecular weight excluding hydrogens is 208 g/mol. The first-order valence-corrected chi connectivity index (χ1v) is 5.32. The number of carbonyl (C=O) groups excluding carboxylic acids is 1. The molecule has 0 saturated carbocycles. The minimum absolute atomic E-state index is 0.0450. The third kappa shape index (κ3) is 3.55. The van der Waals surface area contributed by atoms with Crippen molar-refractivity contribution in [1.29, 1.82) is 0 Å². The Morgan fingerprint density at radius 2 is 2.25 bits per heavy atom. The zero-order valence-corrected chi connectivity index (χ0v) is 9.11. The van der Waals surface area contributed by atoms with E-state index in [0.717, 1.165) is 25.8 Å². The van der Waals surface area contributed by atoms with Crippen LogP contribution in [0.1, 0.15) is 19.3 Å². The van der Waals surface area contributed by atoms with Crippen LogP contribution in [0.3, 0.4) is 0 Å². The Bertz CT molecular complexity index is 303. The molecule has 0 aromatic heterocycles. The van der Waals surface area contributed by atoms with Crippen LogP contribution in [0.15, 0.2) is 0 Å². The molecule has 0 spiro atoms. The summed E-state index contributed by atoms with van der Waals surface area (Å²) in [6, 6.07) is -0.276. The highest BCUT2D eigenvalue weighted by atomic mass is 16.4. The summed E-state index contributed by atoms with van der Waals surface area (Å²) in [6.45, 7) is 0.512. The van der Waals surface area contributed by atoms with Crippen LogP contribution in [0.2, 0.25) is 0 Å². The first kappa shape index (κ1) is 12.5. The Labute approximate surface area is 94.8 Å². The maximum atomic E-state index is 11.9. The average Bonchev–Trinajstić information content (AvgIpc) is 2.28. The van der Waals surface area contributed by atoms with Gasteiger partial charge < -0.3 is 15.3 Å². The van der Waals surface area contributed by atoms with E-state index in [1.54, 1.807) is 0 Å². The molecule has 5 heteroatoms. The van der Waals surface area contributed by atoms with Crippen LogP contribution in [-0.2, 0) is 9.59 Å². The molecule has 2 N–H and O–H groups in total. The first-order valence-electron chi connectivity index (χ1n) is 5.32. The van der Waals surface area contributed by atoms with Gasteiger partial charge in [0, 0.05) is 0 Å². The summed E-state index contributed by atoms with van der Waals surface area (Å²) in [6.07, 6.45) is 7.90. The van der Waals surface area contributed by atoms with Crippen molar-refractivity contribution in [2.45, 2.75) is 25.3 Å². The van der Waals surface area contributed by atoms with Crippen molar-refractivity contribution in [3.05, 3.63) is 0 Å². The number of nitrogens with zero attached hydrogens (tertiary/aromatic N) is 1. The second kappa shape index (κ2) is 6.13. The van der Waals surface area contributed by atoms with Crippen LogP contribution in [0.25, 0.3) is 0 Å². The van der Waals surface area contributed by atoms with Crippen molar-refractivity contribution < 1.29 is 14.7 Å². The van der Waals surface area contributed by atoms with E-state index in [-0.39, 0.29) is 25.0 Å². The predicted molar refractivity (Wildman–Crippen MR) is 58.7 cm³/mol. The number of nitrogens with one attached hydrogen (secondary N) is 1. The third-order valence-corrected chi connectivity index (χ3v) is 2.53. The zero-order valence-electron chi connectivity index (χ0n) is 9.11. The van der Waals surface area contributed by atoms with Gasteiger partial charge in [-0.1, -0.05) is 12.3 Å². The quantitative estimate of drug-likeness (QED) is 0.642. The fourth-order valence-corrected chi connectivity index (χ4v) is 1.77. The Hall–Kier alpha value is -1.54. The van der Waals surface area contributed by atoms with Crippen molar-refractivity contribution in [2.75, 3.05) is 19.6 Å². The van der Waals surface area contributed by atoms with Crippen LogP contribution in [0.5, 0.6) is 0 Å². The normalized spacial score (nSPS) is 19.8. The van der Waals surface area contributed by atoms with Gasteiger partial charge in [0.1, 0.15) is 6.54 Å². The monoisotopic (exact) mass is 224 g/mol. The van der Waals surface area contributed by atoms with Gasteiger partial charge in [-0.05, 0) is 19.4 Å². The summed E-state index contributed by atoms with van der Waals surface area (Å²) in [4.78, 5) is 23.7. The number of amides is 1. The van der Waals surface area contributed by atoms with Crippen molar-refractivity contribution in [3.8, 4) is 12.3 Å². The summed E-state index contributed by atoms with van der Waals surface area (Å²) in [5, 5.41) is 11.8. The van der Waals surface area contributed by atoms with Crippen molar-refractivity contribution in [1.82, 2.24) is 10.2 Å². The summed E-state index contributed by atoms with van der Waals surface area (Å²) in [5.41, 5.74) is 0. The molecule has 1 atom stereocenters. The highest BCUT2D eigenvalue weighted by Crippen LogP contribution is 2.09. The molecule has 1 rings (SSSR count). The molecule has 1 amide bonds. The van der Waals surface area contributed by atoms with Gasteiger partial charge in [-0.15, -0.1) is 6.42 Å². The number of hydrogen-bond acceptors (Lipinski definition) is 3. The number of aliphatic carboxylic acids is 1. The van der Waals surface area contributed by atoms with Crippen molar-refractivity contribution in [2.24, 2.45) is 0 Å². The molecule has 0 bridgehead atoms. The number of carboxylic acids is 1. The summed E-state index contributed by atoms with van der Waals surface area (Å²) < 4.78 is 0. The molecule has 5 nitrogen and oxygen atoms in total. The van der Waals surface area contributed by atoms with E-state index >= 15 is 0 Å². The molecule has 1 aliphatic rings. The van der Waals surface area contributed by atoms with E-state index in [0.29, 0.717) is 0 Å². The van der Waals surface area contributed by atoms with Crippen LogP contribution in [-0.4, -0.2) is 47.6 Å². The van der Waals surface area contributed by atoms with Crippen LogP contribution < -0.4 is 5.32 Å². The molecule has 1 aliphatic heterocycles. The smallest absolute Gasteiger partial charge is 0.323 e. The lowest BCUT2D eigenvalue weighted by atomic mass is 10.0. The molecule has 88 valence electrons. The highest BCUT2D eigenvalue weighted by molar-refractivity contribution is 5.85. The maximum absolute atomic E-state index is 11.9. The van der Waals surface area contributed by atoms with Crippen molar-refractivity contribution >= 4 is 11.9 Å². The average molecular weight is 224 g/mol. The fourth-order valence-electron chi connectivity index (χ4n) is 1.77. The number of carbonyl (C=O) groups is 2.